The third kappa shape index (κ3) is 10.1. The van der Waals surface area contributed by atoms with E-state index in [1.165, 1.54) is 39.8 Å². The lowest BCUT2D eigenvalue weighted by Crippen LogP contribution is -2.80. The first-order valence-electron chi connectivity index (χ1n) is 17.0. The Morgan fingerprint density at radius 3 is 1.88 bits per heavy atom. The first-order valence-corrected chi connectivity index (χ1v) is 17.0. The van der Waals surface area contributed by atoms with Gasteiger partial charge in [-0.2, -0.15) is 0 Å². The average molecular weight is 687 g/mol. The standard InChI is InChI=1S/C33H62N6O9/c1-13-18(5)24(36-31(46)27(19(6)14-2)39(12)22(9)42)29(44)37-25(20(7)41)30(45)35-23(15-17(3)4)33(47)32(10,16-40)38-26(21(8)48-33)28(43)34-11/h17-21,23-27,38,40-41,47H,13-16H2,1-12H3,(H,34,43)(H,35,45)(H,36,46)(H,37,44)/t18?,19?,20?,21-,23+,24+,25+,26?,27+,32+,33-/m1/s1. The molecule has 1 heterocycles. The van der Waals surface area contributed by atoms with E-state index in [0.717, 1.165) is 0 Å². The fourth-order valence-electron chi connectivity index (χ4n) is 5.98. The Hall–Kier alpha value is -2.85. The van der Waals surface area contributed by atoms with Gasteiger partial charge < -0.3 is 46.2 Å². The van der Waals surface area contributed by atoms with Gasteiger partial charge in [0.25, 0.3) is 0 Å². The van der Waals surface area contributed by atoms with Crippen LogP contribution in [0, 0.1) is 17.8 Å². The van der Waals surface area contributed by atoms with Crippen LogP contribution >= 0.6 is 0 Å². The van der Waals surface area contributed by atoms with Crippen LogP contribution < -0.4 is 26.6 Å². The van der Waals surface area contributed by atoms with Gasteiger partial charge in [-0.05, 0) is 44.9 Å². The van der Waals surface area contributed by atoms with Gasteiger partial charge in [0.05, 0.1) is 30.4 Å². The zero-order valence-corrected chi connectivity index (χ0v) is 30.8. The van der Waals surface area contributed by atoms with Gasteiger partial charge in [-0.1, -0.05) is 54.4 Å². The molecule has 1 saturated heterocycles. The van der Waals surface area contributed by atoms with Crippen molar-refractivity contribution in [1.29, 1.82) is 0 Å². The second kappa shape index (κ2) is 18.2. The van der Waals surface area contributed by atoms with Crippen molar-refractivity contribution in [2.24, 2.45) is 17.8 Å². The molecule has 8 N–H and O–H groups in total. The Morgan fingerprint density at radius 1 is 0.917 bits per heavy atom. The zero-order chi connectivity index (χ0) is 37.3. The van der Waals surface area contributed by atoms with E-state index in [4.69, 9.17) is 4.74 Å². The number of nitrogens with one attached hydrogen (secondary N) is 5. The van der Waals surface area contributed by atoms with E-state index in [0.29, 0.717) is 12.8 Å². The van der Waals surface area contributed by atoms with Gasteiger partial charge >= 0.3 is 0 Å². The fraction of sp³-hybridized carbons (Fsp3) is 0.848. The minimum Gasteiger partial charge on any atom is -0.394 e. The van der Waals surface area contributed by atoms with Crippen LogP contribution in [0.1, 0.15) is 88.5 Å². The molecule has 0 spiro atoms. The molecule has 5 amide bonds. The Labute approximate surface area is 285 Å². The molecule has 15 nitrogen and oxygen atoms in total. The molecule has 0 aromatic rings. The van der Waals surface area contributed by atoms with Crippen molar-refractivity contribution in [1.82, 2.24) is 31.5 Å². The lowest BCUT2D eigenvalue weighted by Gasteiger charge is -2.55. The maximum absolute atomic E-state index is 13.9. The van der Waals surface area contributed by atoms with Crippen molar-refractivity contribution < 1.29 is 44.0 Å². The van der Waals surface area contributed by atoms with Crippen LogP contribution in [0.5, 0.6) is 0 Å². The average Bonchev–Trinajstić information content (AvgIpc) is 3.02. The Kier molecular flexibility index (Phi) is 16.4. The Balaban J connectivity index is 3.43. The fourth-order valence-corrected chi connectivity index (χ4v) is 5.98. The third-order valence-electron chi connectivity index (χ3n) is 9.66. The molecule has 278 valence electrons. The lowest BCUT2D eigenvalue weighted by atomic mass is 9.79. The van der Waals surface area contributed by atoms with Crippen LogP contribution in [0.2, 0.25) is 0 Å². The number of carbonyl (C=O) groups is 5. The first-order chi connectivity index (χ1) is 22.2. The van der Waals surface area contributed by atoms with E-state index in [1.807, 2.05) is 34.6 Å². The van der Waals surface area contributed by atoms with Crippen molar-refractivity contribution >= 4 is 29.5 Å². The van der Waals surface area contributed by atoms with E-state index in [9.17, 15) is 39.3 Å². The van der Waals surface area contributed by atoms with Crippen LogP contribution in [0.15, 0.2) is 0 Å². The van der Waals surface area contributed by atoms with E-state index >= 15 is 0 Å². The highest BCUT2D eigenvalue weighted by atomic mass is 16.6. The molecule has 48 heavy (non-hydrogen) atoms. The van der Waals surface area contributed by atoms with Crippen LogP contribution in [-0.4, -0.2) is 124 Å². The highest BCUT2D eigenvalue weighted by molar-refractivity contribution is 5.94. The largest absolute Gasteiger partial charge is 0.394 e. The minimum absolute atomic E-state index is 0.103. The van der Waals surface area contributed by atoms with Gasteiger partial charge in [-0.3, -0.25) is 29.3 Å². The summed E-state index contributed by atoms with van der Waals surface area (Å²) in [5.41, 5.74) is -1.63. The molecule has 1 aliphatic heterocycles. The highest BCUT2D eigenvalue weighted by Gasteiger charge is 2.60. The molecular weight excluding hydrogens is 624 g/mol. The number of morpholine rings is 1. The number of hydrogen-bond acceptors (Lipinski definition) is 10. The number of amides is 5. The molecule has 0 bridgehead atoms. The first kappa shape index (κ1) is 43.2. The summed E-state index contributed by atoms with van der Waals surface area (Å²) in [6.45, 7) is 16.1. The second-order valence-electron chi connectivity index (χ2n) is 14.0. The summed E-state index contributed by atoms with van der Waals surface area (Å²) in [7, 11) is 2.98. The number of nitrogens with zero attached hydrogens (tertiary/aromatic N) is 1. The topological polar surface area (TPSA) is 219 Å². The second-order valence-corrected chi connectivity index (χ2v) is 14.0. The zero-order valence-electron chi connectivity index (χ0n) is 30.8. The van der Waals surface area contributed by atoms with Gasteiger partial charge in [-0.25, -0.2) is 0 Å². The summed E-state index contributed by atoms with van der Waals surface area (Å²) in [5.74, 6) is -5.75. The lowest BCUT2D eigenvalue weighted by molar-refractivity contribution is -0.315. The number of hydrogen-bond donors (Lipinski definition) is 8. The summed E-state index contributed by atoms with van der Waals surface area (Å²) >= 11 is 0. The van der Waals surface area contributed by atoms with Crippen molar-refractivity contribution in [3.63, 3.8) is 0 Å². The number of aliphatic hydroxyl groups is 3. The van der Waals surface area contributed by atoms with Gasteiger partial charge in [0.2, 0.25) is 35.3 Å². The monoisotopic (exact) mass is 686 g/mol. The van der Waals surface area contributed by atoms with Crippen LogP contribution in [-0.2, 0) is 28.7 Å². The normalized spacial score (nSPS) is 27.0. The van der Waals surface area contributed by atoms with E-state index in [-0.39, 0.29) is 30.1 Å². The number of ether oxygens (including phenoxy) is 1. The molecule has 1 aliphatic rings. The summed E-state index contributed by atoms with van der Waals surface area (Å²) in [6.07, 6.45) is -1.04. The number of rotatable bonds is 17. The number of aliphatic hydroxyl groups excluding tert-OH is 2. The van der Waals surface area contributed by atoms with Gasteiger partial charge in [0, 0.05) is 21.0 Å². The summed E-state index contributed by atoms with van der Waals surface area (Å²) < 4.78 is 6.05. The summed E-state index contributed by atoms with van der Waals surface area (Å²) in [4.78, 5) is 67.2. The maximum atomic E-state index is 13.9. The molecule has 4 unspecified atom stereocenters. The quantitative estimate of drug-likeness (QED) is 0.0969. The third-order valence-corrected chi connectivity index (χ3v) is 9.66. The van der Waals surface area contributed by atoms with Crippen LogP contribution in [0.3, 0.4) is 0 Å². The van der Waals surface area contributed by atoms with E-state index < -0.39 is 84.0 Å². The van der Waals surface area contributed by atoms with Crippen LogP contribution in [0.4, 0.5) is 0 Å². The predicted octanol–water partition coefficient (Wildman–Crippen LogP) is -0.631. The molecule has 0 aromatic carbocycles. The van der Waals surface area contributed by atoms with Gasteiger partial charge in [0.15, 0.2) is 0 Å². The smallest absolute Gasteiger partial charge is 0.245 e. The van der Waals surface area contributed by atoms with E-state index in [2.05, 4.69) is 26.6 Å². The molecular formula is C33H62N6O9. The Morgan fingerprint density at radius 2 is 1.44 bits per heavy atom. The van der Waals surface area contributed by atoms with Crippen molar-refractivity contribution in [2.75, 3.05) is 20.7 Å². The molecule has 1 fully saturated rings. The van der Waals surface area contributed by atoms with Crippen LogP contribution in [0.25, 0.3) is 0 Å². The molecule has 1 rings (SSSR count). The summed E-state index contributed by atoms with van der Waals surface area (Å²) in [6, 6.07) is -5.56. The molecule has 15 heteroatoms. The number of carbonyl (C=O) groups excluding carboxylic acids is 5. The van der Waals surface area contributed by atoms with Gasteiger partial charge in [-0.15, -0.1) is 0 Å². The Bertz CT molecular complexity index is 1120. The maximum Gasteiger partial charge on any atom is 0.245 e. The molecule has 0 saturated carbocycles. The molecule has 11 atom stereocenters. The van der Waals surface area contributed by atoms with Gasteiger partial charge in [0.1, 0.15) is 24.2 Å². The minimum atomic E-state index is -2.24. The van der Waals surface area contributed by atoms with Crippen molar-refractivity contribution in [3.8, 4) is 0 Å². The summed E-state index contributed by atoms with van der Waals surface area (Å²) in [5, 5.41) is 46.8. The molecule has 0 radical (unpaired) electrons. The SMILES string of the molecule is CCC(C)[C@H](NC(=O)[C@H](C(C)CC)N(C)C(C)=O)C(=O)N[C@H](C(=O)N[C@@H](CC(C)C)[C@@]1(O)O[C@H](C)C(C(=O)NC)N[C@@]1(C)CO)C(C)O. The molecule has 0 aliphatic carbocycles. The highest BCUT2D eigenvalue weighted by Crippen LogP contribution is 2.36. The molecule has 0 aromatic heterocycles. The number of likely N-dealkylation sites (N-methyl/N-ethyl adjacent to an activating group) is 2. The van der Waals surface area contributed by atoms with Crippen molar-refractivity contribution in [2.45, 2.75) is 142 Å². The van der Waals surface area contributed by atoms with E-state index in [1.54, 1.807) is 13.8 Å². The predicted molar refractivity (Wildman–Crippen MR) is 180 cm³/mol. The van der Waals surface area contributed by atoms with Crippen molar-refractivity contribution in [3.05, 3.63) is 0 Å².